The van der Waals surface area contributed by atoms with Crippen LogP contribution in [0, 0.1) is 0 Å². The second kappa shape index (κ2) is 5.87. The third-order valence-corrected chi connectivity index (χ3v) is 3.37. The molecule has 1 aliphatic carbocycles. The van der Waals surface area contributed by atoms with Crippen molar-refractivity contribution >= 4 is 11.6 Å². The molecule has 1 aliphatic rings. The van der Waals surface area contributed by atoms with E-state index in [0.717, 1.165) is 31.4 Å². The second-order valence-electron chi connectivity index (χ2n) is 4.98. The van der Waals surface area contributed by atoms with Gasteiger partial charge in [0.05, 0.1) is 12.1 Å². The van der Waals surface area contributed by atoms with E-state index in [-0.39, 0.29) is 0 Å². The summed E-state index contributed by atoms with van der Waals surface area (Å²) < 4.78 is 0. The van der Waals surface area contributed by atoms with Crippen LogP contribution in [0.5, 0.6) is 0 Å². The Balaban J connectivity index is 1.88. The summed E-state index contributed by atoms with van der Waals surface area (Å²) >= 11 is 0. The molecule has 1 saturated carbocycles. The zero-order chi connectivity index (χ0) is 12.8. The van der Waals surface area contributed by atoms with Crippen LogP contribution in [-0.2, 0) is 0 Å². The number of nitrogens with one attached hydrogen (secondary N) is 1. The lowest BCUT2D eigenvalue weighted by molar-refractivity contribution is 0.0132. The Morgan fingerprint density at radius 3 is 2.56 bits per heavy atom. The van der Waals surface area contributed by atoms with E-state index >= 15 is 0 Å². The highest BCUT2D eigenvalue weighted by Crippen LogP contribution is 2.28. The number of rotatable bonds is 3. The van der Waals surface area contributed by atoms with E-state index in [1.54, 1.807) is 0 Å². The first-order valence-corrected chi connectivity index (χ1v) is 6.52. The zero-order valence-electron chi connectivity index (χ0n) is 10.6. The molecule has 4 heteroatoms. The number of hydrogen-bond donors (Lipinski definition) is 3. The molecule has 0 bridgehead atoms. The first kappa shape index (κ1) is 12.9. The molecule has 1 aromatic rings. The highest BCUT2D eigenvalue weighted by atomic mass is 16.3. The molecule has 0 aromatic heterocycles. The molecular weight excluding hydrogens is 226 g/mol. The second-order valence-corrected chi connectivity index (χ2v) is 4.98. The molecule has 98 valence electrons. The smallest absolute Gasteiger partial charge is 0.193 e. The average molecular weight is 247 g/mol. The van der Waals surface area contributed by atoms with E-state index in [1.807, 2.05) is 30.3 Å². The summed E-state index contributed by atoms with van der Waals surface area (Å²) in [6, 6.07) is 9.67. The predicted molar refractivity (Wildman–Crippen MR) is 74.6 cm³/mol. The summed E-state index contributed by atoms with van der Waals surface area (Å²) in [6.45, 7) is 0.388. The Morgan fingerprint density at radius 1 is 1.22 bits per heavy atom. The van der Waals surface area contributed by atoms with Crippen LogP contribution in [0.25, 0.3) is 0 Å². The van der Waals surface area contributed by atoms with E-state index in [4.69, 9.17) is 5.73 Å². The van der Waals surface area contributed by atoms with Crippen LogP contribution in [0.3, 0.4) is 0 Å². The van der Waals surface area contributed by atoms with Gasteiger partial charge in [0, 0.05) is 5.69 Å². The highest BCUT2D eigenvalue weighted by molar-refractivity contribution is 5.92. The normalized spacial score (nSPS) is 19.5. The fourth-order valence-corrected chi connectivity index (χ4v) is 2.31. The third-order valence-electron chi connectivity index (χ3n) is 3.37. The fourth-order valence-electron chi connectivity index (χ4n) is 2.31. The first-order chi connectivity index (χ1) is 8.68. The number of aliphatic hydroxyl groups is 1. The van der Waals surface area contributed by atoms with Crippen LogP contribution >= 0.6 is 0 Å². The lowest BCUT2D eigenvalue weighted by Crippen LogP contribution is -2.36. The van der Waals surface area contributed by atoms with Crippen molar-refractivity contribution in [2.24, 2.45) is 10.7 Å². The molecule has 0 unspecified atom stereocenters. The average Bonchev–Trinajstić information content (AvgIpc) is 2.39. The number of benzene rings is 1. The molecule has 0 radical (unpaired) electrons. The van der Waals surface area contributed by atoms with Crippen LogP contribution in [0.2, 0.25) is 0 Å². The summed E-state index contributed by atoms with van der Waals surface area (Å²) in [5.41, 5.74) is 6.07. The maximum absolute atomic E-state index is 10.3. The molecule has 18 heavy (non-hydrogen) atoms. The van der Waals surface area contributed by atoms with E-state index < -0.39 is 5.60 Å². The Kier molecular flexibility index (Phi) is 4.20. The SMILES string of the molecule is NC(=NCC1(O)CCCCC1)Nc1ccccc1. The van der Waals surface area contributed by atoms with Crippen molar-refractivity contribution in [2.75, 3.05) is 11.9 Å². The third kappa shape index (κ3) is 3.74. The maximum atomic E-state index is 10.3. The first-order valence-electron chi connectivity index (χ1n) is 6.52. The summed E-state index contributed by atoms with van der Waals surface area (Å²) in [5.74, 6) is 0.361. The number of hydrogen-bond acceptors (Lipinski definition) is 2. The van der Waals surface area contributed by atoms with Gasteiger partial charge in [-0.25, -0.2) is 0 Å². The molecule has 4 nitrogen and oxygen atoms in total. The molecule has 0 atom stereocenters. The Hall–Kier alpha value is -1.55. The lowest BCUT2D eigenvalue weighted by atomic mass is 9.85. The van der Waals surface area contributed by atoms with Gasteiger partial charge in [-0.15, -0.1) is 0 Å². The van der Waals surface area contributed by atoms with Crippen molar-refractivity contribution < 1.29 is 5.11 Å². The van der Waals surface area contributed by atoms with Gasteiger partial charge in [0.25, 0.3) is 0 Å². The minimum Gasteiger partial charge on any atom is -0.388 e. The Labute approximate surface area is 108 Å². The highest BCUT2D eigenvalue weighted by Gasteiger charge is 2.28. The number of nitrogens with two attached hydrogens (primary N) is 1. The summed E-state index contributed by atoms with van der Waals surface area (Å²) in [6.07, 6.45) is 5.03. The minimum absolute atomic E-state index is 0.361. The van der Waals surface area contributed by atoms with Crippen LogP contribution in [0.15, 0.2) is 35.3 Å². The molecule has 0 saturated heterocycles. The molecule has 1 fully saturated rings. The van der Waals surface area contributed by atoms with Gasteiger partial charge in [0.1, 0.15) is 0 Å². The number of guanidine groups is 1. The molecule has 0 aliphatic heterocycles. The molecule has 0 amide bonds. The minimum atomic E-state index is -0.652. The van der Waals surface area contributed by atoms with Crippen molar-refractivity contribution in [3.63, 3.8) is 0 Å². The van der Waals surface area contributed by atoms with Gasteiger partial charge in [-0.3, -0.25) is 4.99 Å². The van der Waals surface area contributed by atoms with Gasteiger partial charge >= 0.3 is 0 Å². The van der Waals surface area contributed by atoms with E-state index in [0.29, 0.717) is 12.5 Å². The molecule has 0 spiro atoms. The van der Waals surface area contributed by atoms with Crippen molar-refractivity contribution in [3.8, 4) is 0 Å². The quantitative estimate of drug-likeness (QED) is 0.566. The fraction of sp³-hybridized carbons (Fsp3) is 0.500. The van der Waals surface area contributed by atoms with Gasteiger partial charge in [-0.05, 0) is 25.0 Å². The van der Waals surface area contributed by atoms with E-state index in [1.165, 1.54) is 6.42 Å². The van der Waals surface area contributed by atoms with Crippen molar-refractivity contribution in [1.82, 2.24) is 0 Å². The number of nitrogens with zero attached hydrogens (tertiary/aromatic N) is 1. The predicted octanol–water partition coefficient (Wildman–Crippen LogP) is 2.11. The summed E-state index contributed by atoms with van der Waals surface area (Å²) in [4.78, 5) is 4.25. The molecule has 0 heterocycles. The van der Waals surface area contributed by atoms with Crippen LogP contribution in [0.4, 0.5) is 5.69 Å². The van der Waals surface area contributed by atoms with Gasteiger partial charge < -0.3 is 16.2 Å². The van der Waals surface area contributed by atoms with Gasteiger partial charge in [0.2, 0.25) is 0 Å². The van der Waals surface area contributed by atoms with Gasteiger partial charge in [-0.1, -0.05) is 37.5 Å². The number of para-hydroxylation sites is 1. The molecule has 1 aromatic carbocycles. The van der Waals surface area contributed by atoms with Gasteiger partial charge in [-0.2, -0.15) is 0 Å². The monoisotopic (exact) mass is 247 g/mol. The van der Waals surface area contributed by atoms with E-state index in [2.05, 4.69) is 10.3 Å². The van der Waals surface area contributed by atoms with Crippen molar-refractivity contribution in [1.29, 1.82) is 0 Å². The van der Waals surface area contributed by atoms with Crippen LogP contribution in [0.1, 0.15) is 32.1 Å². The zero-order valence-corrected chi connectivity index (χ0v) is 10.6. The standard InChI is InChI=1S/C14H21N3O/c15-13(17-12-7-3-1-4-8-12)16-11-14(18)9-5-2-6-10-14/h1,3-4,7-8,18H,2,5-6,9-11H2,(H3,15,16,17). The molecule has 2 rings (SSSR count). The lowest BCUT2D eigenvalue weighted by Gasteiger charge is -2.30. The number of anilines is 1. The molecule has 4 N–H and O–H groups in total. The largest absolute Gasteiger partial charge is 0.388 e. The van der Waals surface area contributed by atoms with Crippen molar-refractivity contribution in [2.45, 2.75) is 37.7 Å². The Morgan fingerprint density at radius 2 is 1.89 bits per heavy atom. The topological polar surface area (TPSA) is 70.6 Å². The summed E-state index contributed by atoms with van der Waals surface area (Å²) in [7, 11) is 0. The van der Waals surface area contributed by atoms with Gasteiger partial charge in [0.15, 0.2) is 5.96 Å². The van der Waals surface area contributed by atoms with Crippen LogP contribution < -0.4 is 11.1 Å². The molecular formula is C14H21N3O. The summed E-state index contributed by atoms with van der Waals surface area (Å²) in [5, 5.41) is 13.3. The number of aliphatic imine (C=N–C) groups is 1. The van der Waals surface area contributed by atoms with E-state index in [9.17, 15) is 5.11 Å². The van der Waals surface area contributed by atoms with Crippen LogP contribution in [-0.4, -0.2) is 23.2 Å². The van der Waals surface area contributed by atoms with Crippen molar-refractivity contribution in [3.05, 3.63) is 30.3 Å². The Bertz CT molecular complexity index is 397. The maximum Gasteiger partial charge on any atom is 0.193 e.